The van der Waals surface area contributed by atoms with E-state index in [4.69, 9.17) is 23.2 Å². The molecule has 0 fully saturated rings. The third-order valence-corrected chi connectivity index (χ3v) is 4.79. The van der Waals surface area contributed by atoms with E-state index in [2.05, 4.69) is 39.4 Å². The topological polar surface area (TPSA) is 12.0 Å². The summed E-state index contributed by atoms with van der Waals surface area (Å²) < 4.78 is 14.5. The van der Waals surface area contributed by atoms with Crippen molar-refractivity contribution in [1.29, 1.82) is 0 Å². The lowest BCUT2D eigenvalue weighted by Gasteiger charge is -2.26. The van der Waals surface area contributed by atoms with Crippen LogP contribution in [0, 0.1) is 5.82 Å². The summed E-state index contributed by atoms with van der Waals surface area (Å²) in [6.07, 6.45) is 2.99. The molecule has 21 heavy (non-hydrogen) atoms. The summed E-state index contributed by atoms with van der Waals surface area (Å²) >= 11 is 15.2. The molecule has 1 unspecified atom stereocenters. The van der Waals surface area contributed by atoms with Gasteiger partial charge in [0.15, 0.2) is 5.82 Å². The van der Waals surface area contributed by atoms with E-state index in [1.807, 2.05) is 0 Å². The Morgan fingerprint density at radius 1 is 1.10 bits per heavy atom. The molecule has 0 spiro atoms. The molecule has 110 valence electrons. The molecule has 5 heteroatoms. The first-order valence-electron chi connectivity index (χ1n) is 6.71. The summed E-state index contributed by atoms with van der Waals surface area (Å²) in [5, 5.41) is 3.49. The first-order valence-corrected chi connectivity index (χ1v) is 8.26. The van der Waals surface area contributed by atoms with E-state index < -0.39 is 5.82 Å². The first kappa shape index (κ1) is 15.1. The maximum atomic E-state index is 13.4. The van der Waals surface area contributed by atoms with Gasteiger partial charge in [-0.2, -0.15) is 0 Å². The molecular weight excluding hydrogens is 376 g/mol. The molecule has 1 atom stereocenters. The minimum absolute atomic E-state index is 0.0464. The smallest absolute Gasteiger partial charge is 0.160 e. The lowest BCUT2D eigenvalue weighted by atomic mass is 9.88. The summed E-state index contributed by atoms with van der Waals surface area (Å²) in [7, 11) is 0. The highest BCUT2D eigenvalue weighted by Gasteiger charge is 2.19. The van der Waals surface area contributed by atoms with Crippen LogP contribution in [0.2, 0.25) is 10.0 Å². The second kappa shape index (κ2) is 6.15. The predicted octanol–water partition coefficient (Wildman–Crippen LogP) is 5.86. The summed E-state index contributed by atoms with van der Waals surface area (Å²) in [5.74, 6) is -0.567. The van der Waals surface area contributed by atoms with E-state index in [9.17, 15) is 4.39 Å². The second-order valence-electron chi connectivity index (χ2n) is 5.25. The summed E-state index contributed by atoms with van der Waals surface area (Å²) in [4.78, 5) is 0. The van der Waals surface area contributed by atoms with E-state index in [0.29, 0.717) is 6.04 Å². The highest BCUT2D eigenvalue weighted by Crippen LogP contribution is 2.30. The number of fused-ring (bicyclic) bond motifs is 1. The van der Waals surface area contributed by atoms with Crippen molar-refractivity contribution >= 4 is 44.8 Å². The fraction of sp³-hybridized carbons (Fsp3) is 0.250. The van der Waals surface area contributed by atoms with Crippen LogP contribution >= 0.6 is 39.1 Å². The number of hydrogen-bond donors (Lipinski definition) is 1. The van der Waals surface area contributed by atoms with Gasteiger partial charge < -0.3 is 5.32 Å². The van der Waals surface area contributed by atoms with Gasteiger partial charge >= 0.3 is 0 Å². The zero-order chi connectivity index (χ0) is 15.0. The molecule has 0 amide bonds. The average molecular weight is 389 g/mol. The third-order valence-electron chi connectivity index (χ3n) is 3.75. The zero-order valence-corrected chi connectivity index (χ0v) is 14.2. The lowest BCUT2D eigenvalue weighted by molar-refractivity contribution is 0.609. The van der Waals surface area contributed by atoms with Crippen molar-refractivity contribution in [2.45, 2.75) is 25.3 Å². The maximum absolute atomic E-state index is 13.4. The molecule has 1 aliphatic rings. The first-order chi connectivity index (χ1) is 10.0. The number of anilines is 1. The minimum Gasteiger partial charge on any atom is -0.382 e. The Kier molecular flexibility index (Phi) is 4.43. The molecule has 2 aromatic rings. The van der Waals surface area contributed by atoms with Gasteiger partial charge in [-0.25, -0.2) is 4.39 Å². The van der Waals surface area contributed by atoms with Crippen LogP contribution in [0.25, 0.3) is 0 Å². The van der Waals surface area contributed by atoms with Crippen molar-refractivity contribution in [2.75, 3.05) is 5.32 Å². The van der Waals surface area contributed by atoms with E-state index >= 15 is 0 Å². The van der Waals surface area contributed by atoms with Crippen molar-refractivity contribution in [2.24, 2.45) is 0 Å². The van der Waals surface area contributed by atoms with Gasteiger partial charge in [-0.05, 0) is 54.7 Å². The molecule has 1 nitrogen and oxygen atoms in total. The average Bonchev–Trinajstić information content (AvgIpc) is 2.45. The summed E-state index contributed by atoms with van der Waals surface area (Å²) in [6.45, 7) is 0. The number of hydrogen-bond acceptors (Lipinski definition) is 1. The largest absolute Gasteiger partial charge is 0.382 e. The fourth-order valence-corrected chi connectivity index (χ4v) is 3.62. The molecule has 1 N–H and O–H groups in total. The quantitative estimate of drug-likeness (QED) is 0.635. The van der Waals surface area contributed by atoms with Gasteiger partial charge in [-0.3, -0.25) is 0 Å². The molecule has 0 saturated carbocycles. The van der Waals surface area contributed by atoms with Gasteiger partial charge in [0.25, 0.3) is 0 Å². The lowest BCUT2D eigenvalue weighted by Crippen LogP contribution is -2.27. The van der Waals surface area contributed by atoms with Crippen LogP contribution in [0.3, 0.4) is 0 Å². The van der Waals surface area contributed by atoms with Crippen molar-refractivity contribution in [1.82, 2.24) is 0 Å². The summed E-state index contributed by atoms with van der Waals surface area (Å²) in [6, 6.07) is 9.86. The van der Waals surface area contributed by atoms with Crippen LogP contribution < -0.4 is 5.32 Å². The van der Waals surface area contributed by atoms with Gasteiger partial charge in [0.05, 0.1) is 10.0 Å². The fourth-order valence-electron chi connectivity index (χ4n) is 2.72. The van der Waals surface area contributed by atoms with Crippen molar-refractivity contribution in [3.8, 4) is 0 Å². The Labute approximate surface area is 141 Å². The van der Waals surface area contributed by atoms with E-state index in [1.165, 1.54) is 11.1 Å². The van der Waals surface area contributed by atoms with Crippen LogP contribution in [0.1, 0.15) is 17.5 Å². The van der Waals surface area contributed by atoms with Gasteiger partial charge in [0, 0.05) is 16.2 Å². The van der Waals surface area contributed by atoms with Gasteiger partial charge in [0.2, 0.25) is 0 Å². The summed E-state index contributed by atoms with van der Waals surface area (Å²) in [5.41, 5.74) is 3.50. The normalized spacial score (nSPS) is 17.4. The predicted molar refractivity (Wildman–Crippen MR) is 90.0 cm³/mol. The number of benzene rings is 2. The minimum atomic E-state index is -0.567. The standard InChI is InChI=1S/C16H13BrCl2FN/c17-11-3-1-10-6-12(4-2-9(10)5-11)21-13-7-14(18)16(20)15(19)8-13/h1,3,5,7-8,12,21H,2,4,6H2. The molecule has 3 rings (SSSR count). The third kappa shape index (κ3) is 3.36. The molecule has 0 heterocycles. The van der Waals surface area contributed by atoms with Crippen LogP contribution in [-0.2, 0) is 12.8 Å². The molecule has 0 aromatic heterocycles. The van der Waals surface area contributed by atoms with Crippen LogP contribution in [0.5, 0.6) is 0 Å². The Balaban J connectivity index is 1.77. The Morgan fingerprint density at radius 3 is 2.52 bits per heavy atom. The monoisotopic (exact) mass is 387 g/mol. The van der Waals surface area contributed by atoms with Crippen LogP contribution in [0.15, 0.2) is 34.8 Å². The van der Waals surface area contributed by atoms with Gasteiger partial charge in [-0.1, -0.05) is 45.2 Å². The number of aryl methyl sites for hydroxylation is 1. The molecule has 2 aromatic carbocycles. The Morgan fingerprint density at radius 2 is 1.81 bits per heavy atom. The Bertz CT molecular complexity index is 667. The highest BCUT2D eigenvalue weighted by atomic mass is 79.9. The van der Waals surface area contributed by atoms with Crippen molar-refractivity contribution < 1.29 is 4.39 Å². The zero-order valence-electron chi connectivity index (χ0n) is 11.1. The van der Waals surface area contributed by atoms with Gasteiger partial charge in [-0.15, -0.1) is 0 Å². The number of nitrogens with one attached hydrogen (secondary N) is 1. The number of rotatable bonds is 2. The Hall–Kier alpha value is -0.770. The van der Waals surface area contributed by atoms with E-state index in [-0.39, 0.29) is 10.0 Å². The molecule has 0 aliphatic heterocycles. The molecule has 0 bridgehead atoms. The van der Waals surface area contributed by atoms with Crippen molar-refractivity contribution in [3.05, 3.63) is 61.8 Å². The SMILES string of the molecule is Fc1c(Cl)cc(NC2CCc3cc(Br)ccc3C2)cc1Cl. The van der Waals surface area contributed by atoms with E-state index in [1.54, 1.807) is 12.1 Å². The van der Waals surface area contributed by atoms with Gasteiger partial charge in [0.1, 0.15) is 0 Å². The molecule has 0 saturated heterocycles. The number of halogens is 4. The van der Waals surface area contributed by atoms with Crippen molar-refractivity contribution in [3.63, 3.8) is 0 Å². The highest BCUT2D eigenvalue weighted by molar-refractivity contribution is 9.10. The van der Waals surface area contributed by atoms with Crippen LogP contribution in [0.4, 0.5) is 10.1 Å². The molecular formula is C16H13BrCl2FN. The van der Waals surface area contributed by atoms with Crippen LogP contribution in [-0.4, -0.2) is 6.04 Å². The molecule has 0 radical (unpaired) electrons. The van der Waals surface area contributed by atoms with E-state index in [0.717, 1.165) is 29.4 Å². The maximum Gasteiger partial charge on any atom is 0.160 e. The molecule has 1 aliphatic carbocycles. The second-order valence-corrected chi connectivity index (χ2v) is 6.98.